The highest BCUT2D eigenvalue weighted by Crippen LogP contribution is 2.53. The van der Waals surface area contributed by atoms with E-state index >= 15 is 0 Å². The molecule has 0 amide bonds. The quantitative estimate of drug-likeness (QED) is 0.0697. The van der Waals surface area contributed by atoms with E-state index in [0.717, 1.165) is 16.7 Å². The molecule has 2 heterocycles. The molecule has 0 spiro atoms. The van der Waals surface area contributed by atoms with Gasteiger partial charge >= 0.3 is 0 Å². The Morgan fingerprint density at radius 2 is 1.47 bits per heavy atom. The third kappa shape index (κ3) is 5.95. The Labute approximate surface area is 293 Å². The smallest absolute Gasteiger partial charge is 0.223 e. The van der Waals surface area contributed by atoms with Crippen molar-refractivity contribution in [2.45, 2.75) is 75.3 Å². The monoisotopic (exact) mass is 697 g/mol. The van der Waals surface area contributed by atoms with Crippen molar-refractivity contribution >= 4 is 37.0 Å². The van der Waals surface area contributed by atoms with Crippen LogP contribution in [-0.4, -0.2) is 57.9 Å². The van der Waals surface area contributed by atoms with E-state index in [-0.39, 0.29) is 16.1 Å². The lowest BCUT2D eigenvalue weighted by Gasteiger charge is -2.45. The first-order chi connectivity index (χ1) is 23.1. The first kappa shape index (κ1) is 34.8. The molecule has 11 heteroatoms. The number of nitrogens with zero attached hydrogens (tertiary/aromatic N) is 4. The summed E-state index contributed by atoms with van der Waals surface area (Å²) in [6, 6.07) is 27.2. The number of rotatable bonds is 9. The fourth-order valence-electron chi connectivity index (χ4n) is 6.61. The molecule has 1 saturated carbocycles. The zero-order valence-corrected chi connectivity index (χ0v) is 30.8. The van der Waals surface area contributed by atoms with Gasteiger partial charge in [0.2, 0.25) is 5.95 Å². The topological polar surface area (TPSA) is 118 Å². The molecule has 1 aliphatic carbocycles. The molecule has 5 aromatic rings. The van der Waals surface area contributed by atoms with E-state index in [9.17, 15) is 5.11 Å². The van der Waals surface area contributed by atoms with E-state index in [1.54, 1.807) is 24.9 Å². The Kier molecular flexibility index (Phi) is 9.00. The van der Waals surface area contributed by atoms with E-state index in [1.165, 1.54) is 0 Å². The van der Waals surface area contributed by atoms with Gasteiger partial charge in [0, 0.05) is 0 Å². The maximum Gasteiger partial charge on any atom is 0.223 e. The number of anilines is 1. The van der Waals surface area contributed by atoms with Crippen LogP contribution in [0.4, 0.5) is 5.95 Å². The molecule has 6 rings (SSSR count). The van der Waals surface area contributed by atoms with Gasteiger partial charge < -0.3 is 29.3 Å². The normalized spacial score (nSPS) is 21.7. The van der Waals surface area contributed by atoms with Crippen LogP contribution in [0.15, 0.2) is 103 Å². The van der Waals surface area contributed by atoms with Crippen LogP contribution in [0.25, 0.3) is 11.2 Å². The number of fused-ring (bicyclic) bond motifs is 1. The van der Waals surface area contributed by atoms with E-state index in [1.807, 2.05) is 84.9 Å². The summed E-state index contributed by atoms with van der Waals surface area (Å²) < 4.78 is 22.1. The first-order valence-corrected chi connectivity index (χ1v) is 19.6. The molecule has 3 N–H and O–H groups in total. The van der Waals surface area contributed by atoms with Crippen LogP contribution >= 0.6 is 11.6 Å². The summed E-state index contributed by atoms with van der Waals surface area (Å²) in [5.74, 6) is 0.710. The highest BCUT2D eigenvalue weighted by molar-refractivity contribution is 6.74. The van der Waals surface area contributed by atoms with Crippen molar-refractivity contribution in [3.8, 4) is 5.75 Å². The minimum absolute atomic E-state index is 0.00365. The van der Waals surface area contributed by atoms with E-state index in [4.69, 9.17) is 31.2 Å². The largest absolute Gasteiger partial charge is 0.497 e. The molecule has 4 atom stereocenters. The highest BCUT2D eigenvalue weighted by atomic mass is 35.5. The molecule has 0 unspecified atom stereocenters. The van der Waals surface area contributed by atoms with Crippen molar-refractivity contribution in [2.24, 2.45) is 0 Å². The SMILES string of the molecule is C=C1[C@H](O[Si](C)(C)C(C)(C)C)[C@@H](OC(c2ccccc2)(c2ccccc2)c2ccc(OC)cc2)[C@@](C)(O)[C@@H]1n1cnc2c(Cl)nc(N)nc21. The average molecular weight is 698 g/mol. The minimum atomic E-state index is -2.49. The predicted molar refractivity (Wildman–Crippen MR) is 196 cm³/mol. The number of aliphatic hydroxyl groups is 1. The van der Waals surface area contributed by atoms with Gasteiger partial charge in [0.05, 0.1) is 25.6 Å². The number of nitrogen functional groups attached to an aromatic ring is 1. The zero-order chi connectivity index (χ0) is 35.4. The van der Waals surface area contributed by atoms with Gasteiger partial charge in [-0.3, -0.25) is 0 Å². The number of ether oxygens (including phenoxy) is 2. The van der Waals surface area contributed by atoms with Crippen LogP contribution in [-0.2, 0) is 14.8 Å². The van der Waals surface area contributed by atoms with Crippen LogP contribution in [0.3, 0.4) is 0 Å². The molecule has 0 radical (unpaired) electrons. The predicted octanol–water partition coefficient (Wildman–Crippen LogP) is 7.70. The van der Waals surface area contributed by atoms with Crippen LogP contribution in [0.5, 0.6) is 5.75 Å². The van der Waals surface area contributed by atoms with Gasteiger partial charge in [-0.25, -0.2) is 4.98 Å². The van der Waals surface area contributed by atoms with E-state index in [0.29, 0.717) is 22.5 Å². The summed E-state index contributed by atoms with van der Waals surface area (Å²) in [6.45, 7) is 17.3. The number of benzene rings is 3. The van der Waals surface area contributed by atoms with Crippen molar-refractivity contribution in [2.75, 3.05) is 12.8 Å². The number of aromatic nitrogens is 4. The van der Waals surface area contributed by atoms with Crippen LogP contribution in [0.1, 0.15) is 50.4 Å². The third-order valence-corrected chi connectivity index (χ3v) is 14.9. The number of halogens is 1. The molecule has 3 aromatic carbocycles. The van der Waals surface area contributed by atoms with E-state index < -0.39 is 37.8 Å². The van der Waals surface area contributed by atoms with Crippen molar-refractivity contribution in [3.63, 3.8) is 0 Å². The second-order valence-electron chi connectivity index (χ2n) is 14.4. The molecule has 0 bridgehead atoms. The number of hydrogen-bond donors (Lipinski definition) is 2. The summed E-state index contributed by atoms with van der Waals surface area (Å²) in [5.41, 5.74) is 7.22. The average Bonchev–Trinajstić information content (AvgIpc) is 3.55. The Hall–Kier alpha value is -4.06. The lowest BCUT2D eigenvalue weighted by molar-refractivity contribution is -0.162. The molecule has 49 heavy (non-hydrogen) atoms. The minimum Gasteiger partial charge on any atom is -0.497 e. The Morgan fingerprint density at radius 1 is 0.918 bits per heavy atom. The number of nitrogens with two attached hydrogens (primary N) is 1. The molecule has 9 nitrogen and oxygen atoms in total. The van der Waals surface area contributed by atoms with E-state index in [2.05, 4.69) is 55.4 Å². The van der Waals surface area contributed by atoms with Crippen molar-refractivity contribution in [3.05, 3.63) is 125 Å². The molecular weight excluding hydrogens is 654 g/mol. The molecule has 1 fully saturated rings. The van der Waals surface area contributed by atoms with Crippen molar-refractivity contribution < 1.29 is 19.0 Å². The number of imidazole rings is 1. The maximum atomic E-state index is 13.0. The Morgan fingerprint density at radius 3 is 2.00 bits per heavy atom. The Bertz CT molecular complexity index is 1920. The number of hydrogen-bond acceptors (Lipinski definition) is 8. The summed E-state index contributed by atoms with van der Waals surface area (Å²) >= 11 is 6.45. The third-order valence-electron chi connectivity index (χ3n) is 10.2. The van der Waals surface area contributed by atoms with Crippen LogP contribution in [0.2, 0.25) is 23.3 Å². The first-order valence-electron chi connectivity index (χ1n) is 16.3. The van der Waals surface area contributed by atoms with Crippen molar-refractivity contribution in [1.82, 2.24) is 19.5 Å². The number of methoxy groups -OCH3 is 1. The standard InChI is InChI=1S/C38H44ClN5O4Si/c1-24-30(48-49(7,8)36(2,3)4)32(37(5,45)31(24)44-23-41-29-33(39)42-35(40)43-34(29)44)47-38(25-15-11-9-12-16-25,26-17-13-10-14-18-26)27-19-21-28(46-6)22-20-27/h9-23,30-32,45H,1H2,2-8H3,(H2,40,42,43)/t30-,31+,32+,37-/m0/s1. The maximum absolute atomic E-state index is 13.0. The molecule has 2 aromatic heterocycles. The van der Waals surface area contributed by atoms with Gasteiger partial charge in [-0.1, -0.05) is 112 Å². The van der Waals surface area contributed by atoms with Gasteiger partial charge in [-0.2, -0.15) is 9.97 Å². The van der Waals surface area contributed by atoms with Crippen molar-refractivity contribution in [1.29, 1.82) is 0 Å². The van der Waals surface area contributed by atoms with Crippen LogP contribution in [0, 0.1) is 0 Å². The van der Waals surface area contributed by atoms with Gasteiger partial charge in [0.1, 0.15) is 28.6 Å². The molecule has 0 saturated heterocycles. The second-order valence-corrected chi connectivity index (χ2v) is 19.5. The van der Waals surface area contributed by atoms with Crippen LogP contribution < -0.4 is 10.5 Å². The lowest BCUT2D eigenvalue weighted by atomic mass is 9.79. The highest BCUT2D eigenvalue weighted by Gasteiger charge is 2.61. The second kappa shape index (κ2) is 12.7. The fraction of sp³-hybridized carbons (Fsp3) is 0.342. The summed E-state index contributed by atoms with van der Waals surface area (Å²) in [4.78, 5) is 13.1. The van der Waals surface area contributed by atoms with Gasteiger partial charge in [-0.15, -0.1) is 0 Å². The molecule has 256 valence electrons. The molecule has 0 aliphatic heterocycles. The molecule has 1 aliphatic rings. The summed E-state index contributed by atoms with van der Waals surface area (Å²) in [6.07, 6.45) is -0.0712. The van der Waals surface area contributed by atoms with Gasteiger partial charge in [0.15, 0.2) is 19.1 Å². The van der Waals surface area contributed by atoms with Gasteiger partial charge in [0.25, 0.3) is 0 Å². The summed E-state index contributed by atoms with van der Waals surface area (Å²) in [7, 11) is -0.846. The molecular formula is C38H44ClN5O4Si. The lowest BCUT2D eigenvalue weighted by Crippen LogP contribution is -2.53. The van der Waals surface area contributed by atoms with Gasteiger partial charge in [-0.05, 0) is 59.5 Å². The Balaban J connectivity index is 1.61. The summed E-state index contributed by atoms with van der Waals surface area (Å²) in [5, 5.41) is 13.0. The zero-order valence-electron chi connectivity index (χ0n) is 29.0. The fourth-order valence-corrected chi connectivity index (χ4v) is 8.10.